The fourth-order valence-electron chi connectivity index (χ4n) is 0.908. The van der Waals surface area contributed by atoms with Crippen LogP contribution in [-0.4, -0.2) is 23.6 Å². The van der Waals surface area contributed by atoms with Gasteiger partial charge in [-0.15, -0.1) is 0 Å². The van der Waals surface area contributed by atoms with Crippen molar-refractivity contribution in [2.24, 2.45) is 0 Å². The van der Waals surface area contributed by atoms with Crippen molar-refractivity contribution in [2.45, 2.75) is 12.5 Å². The minimum absolute atomic E-state index is 0.0268. The van der Waals surface area contributed by atoms with Crippen LogP contribution >= 0.6 is 0 Å². The van der Waals surface area contributed by atoms with Crippen molar-refractivity contribution in [1.82, 2.24) is 4.98 Å². The Hall–Kier alpha value is -1.30. The summed E-state index contributed by atoms with van der Waals surface area (Å²) in [6.45, 7) is 0. The summed E-state index contributed by atoms with van der Waals surface area (Å²) in [6, 6.07) is 0.937. The molecule has 0 saturated heterocycles. The predicted octanol–water partition coefficient (Wildman–Crippen LogP) is 1.53. The fraction of sp³-hybridized carbons (Fsp3) is 0.375. The molecule has 0 saturated carbocycles. The van der Waals surface area contributed by atoms with Gasteiger partial charge in [0.2, 0.25) is 5.88 Å². The molecule has 1 N–H and O–H groups in total. The number of ether oxygens (including phenoxy) is 1. The predicted molar refractivity (Wildman–Crippen MR) is 41.7 cm³/mol. The molecule has 1 rings (SSSR count). The number of alkyl halides is 2. The fourth-order valence-corrected chi connectivity index (χ4v) is 0.908. The molecule has 1 atom stereocenters. The van der Waals surface area contributed by atoms with Crippen LogP contribution in [0.3, 0.4) is 0 Å². The molecule has 0 amide bonds. The summed E-state index contributed by atoms with van der Waals surface area (Å²) in [4.78, 5) is 3.45. The molecule has 0 bridgehead atoms. The average molecular weight is 207 g/mol. The van der Waals surface area contributed by atoms with E-state index in [9.17, 15) is 13.2 Å². The quantitative estimate of drug-likeness (QED) is 0.817. The Kier molecular flexibility index (Phi) is 3.29. The molecule has 0 aliphatic carbocycles. The highest BCUT2D eigenvalue weighted by atomic mass is 19.3. The van der Waals surface area contributed by atoms with Crippen LogP contribution in [0.1, 0.15) is 11.7 Å². The lowest BCUT2D eigenvalue weighted by molar-refractivity contribution is -0.00790. The summed E-state index contributed by atoms with van der Waals surface area (Å²) in [7, 11) is 1.26. The zero-order valence-corrected chi connectivity index (χ0v) is 7.25. The lowest BCUT2D eigenvalue weighted by atomic mass is 10.1. The van der Waals surface area contributed by atoms with Crippen LogP contribution in [0, 0.1) is 5.82 Å². The van der Waals surface area contributed by atoms with E-state index in [2.05, 4.69) is 9.72 Å². The minimum atomic E-state index is -3.04. The van der Waals surface area contributed by atoms with Crippen molar-refractivity contribution in [3.8, 4) is 5.88 Å². The molecule has 0 aliphatic rings. The van der Waals surface area contributed by atoms with Gasteiger partial charge in [-0.1, -0.05) is 0 Å². The van der Waals surface area contributed by atoms with E-state index in [1.54, 1.807) is 0 Å². The summed E-state index contributed by atoms with van der Waals surface area (Å²) < 4.78 is 41.6. The molecule has 78 valence electrons. The summed E-state index contributed by atoms with van der Waals surface area (Å²) >= 11 is 0. The first-order valence-corrected chi connectivity index (χ1v) is 3.72. The Morgan fingerprint density at radius 2 is 2.14 bits per heavy atom. The minimum Gasteiger partial charge on any atom is -0.481 e. The van der Waals surface area contributed by atoms with E-state index in [-0.39, 0.29) is 5.88 Å². The van der Waals surface area contributed by atoms with Gasteiger partial charge in [0, 0.05) is 11.6 Å². The first-order chi connectivity index (χ1) is 6.56. The lowest BCUT2D eigenvalue weighted by Gasteiger charge is -2.11. The topological polar surface area (TPSA) is 42.4 Å². The highest BCUT2D eigenvalue weighted by Gasteiger charge is 2.23. The van der Waals surface area contributed by atoms with Crippen LogP contribution in [0.2, 0.25) is 0 Å². The zero-order valence-electron chi connectivity index (χ0n) is 7.25. The summed E-state index contributed by atoms with van der Waals surface area (Å²) in [5.41, 5.74) is -0.521. The van der Waals surface area contributed by atoms with Gasteiger partial charge in [-0.25, -0.2) is 18.2 Å². The molecule has 0 fully saturated rings. The van der Waals surface area contributed by atoms with Crippen molar-refractivity contribution >= 4 is 0 Å². The lowest BCUT2D eigenvalue weighted by Crippen LogP contribution is -2.10. The van der Waals surface area contributed by atoms with E-state index in [0.29, 0.717) is 0 Å². The highest BCUT2D eigenvalue weighted by molar-refractivity contribution is 5.24. The standard InChI is InChI=1S/C8H8F3NO2/c1-14-6-2-4(5(9)3-12-6)7(13)8(10)11/h2-3,7-8,13H,1H3. The molecule has 3 nitrogen and oxygen atoms in total. The van der Waals surface area contributed by atoms with Gasteiger partial charge in [0.1, 0.15) is 11.9 Å². The first-order valence-electron chi connectivity index (χ1n) is 3.72. The van der Waals surface area contributed by atoms with Crippen LogP contribution in [0.5, 0.6) is 5.88 Å². The van der Waals surface area contributed by atoms with E-state index in [1.807, 2.05) is 0 Å². The van der Waals surface area contributed by atoms with Gasteiger partial charge in [0.15, 0.2) is 0 Å². The Morgan fingerprint density at radius 3 is 2.64 bits per heavy atom. The summed E-state index contributed by atoms with van der Waals surface area (Å²) in [5.74, 6) is -1.01. The van der Waals surface area contributed by atoms with Crippen molar-refractivity contribution in [2.75, 3.05) is 7.11 Å². The third-order valence-corrected chi connectivity index (χ3v) is 1.63. The van der Waals surface area contributed by atoms with Crippen LogP contribution in [0.15, 0.2) is 12.3 Å². The Balaban J connectivity index is 3.05. The maximum Gasteiger partial charge on any atom is 0.268 e. The molecular formula is C8H8F3NO2. The Labute approximate surface area is 78.2 Å². The smallest absolute Gasteiger partial charge is 0.268 e. The van der Waals surface area contributed by atoms with Gasteiger partial charge in [-0.3, -0.25) is 0 Å². The van der Waals surface area contributed by atoms with E-state index in [4.69, 9.17) is 5.11 Å². The molecule has 14 heavy (non-hydrogen) atoms. The third kappa shape index (κ3) is 2.14. The van der Waals surface area contributed by atoms with Gasteiger partial charge < -0.3 is 9.84 Å². The van der Waals surface area contributed by atoms with Gasteiger partial charge in [-0.05, 0) is 0 Å². The van der Waals surface area contributed by atoms with E-state index < -0.39 is 23.9 Å². The maximum atomic E-state index is 12.9. The van der Waals surface area contributed by atoms with Gasteiger partial charge >= 0.3 is 0 Å². The second kappa shape index (κ2) is 4.28. The molecule has 0 aromatic carbocycles. The number of halogens is 3. The van der Waals surface area contributed by atoms with Crippen molar-refractivity contribution in [1.29, 1.82) is 0 Å². The molecule has 6 heteroatoms. The maximum absolute atomic E-state index is 12.9. The largest absolute Gasteiger partial charge is 0.481 e. The molecular weight excluding hydrogens is 199 g/mol. The van der Waals surface area contributed by atoms with Crippen LogP contribution in [-0.2, 0) is 0 Å². The molecule has 0 radical (unpaired) electrons. The molecule has 1 heterocycles. The number of pyridine rings is 1. The van der Waals surface area contributed by atoms with Crippen molar-refractivity contribution < 1.29 is 23.0 Å². The summed E-state index contributed by atoms with van der Waals surface area (Å²) in [5, 5.41) is 8.93. The van der Waals surface area contributed by atoms with Crippen LogP contribution in [0.25, 0.3) is 0 Å². The van der Waals surface area contributed by atoms with Gasteiger partial charge in [0.25, 0.3) is 6.43 Å². The number of aliphatic hydroxyl groups is 1. The van der Waals surface area contributed by atoms with Gasteiger partial charge in [0.05, 0.1) is 13.3 Å². The SMILES string of the molecule is COc1cc(C(O)C(F)F)c(F)cn1. The van der Waals surface area contributed by atoms with Crippen molar-refractivity contribution in [3.63, 3.8) is 0 Å². The first kappa shape index (κ1) is 10.8. The number of hydrogen-bond donors (Lipinski definition) is 1. The normalized spacial score (nSPS) is 13.0. The Bertz CT molecular complexity index is 319. The number of aromatic nitrogens is 1. The highest BCUT2D eigenvalue weighted by Crippen LogP contribution is 2.24. The monoisotopic (exact) mass is 207 g/mol. The number of methoxy groups -OCH3 is 1. The van der Waals surface area contributed by atoms with E-state index in [0.717, 1.165) is 12.3 Å². The van der Waals surface area contributed by atoms with Crippen LogP contribution in [0.4, 0.5) is 13.2 Å². The second-order valence-corrected chi connectivity index (χ2v) is 2.53. The molecule has 1 unspecified atom stereocenters. The number of nitrogens with zero attached hydrogens (tertiary/aromatic N) is 1. The Morgan fingerprint density at radius 1 is 1.50 bits per heavy atom. The molecule has 1 aromatic rings. The molecule has 0 aliphatic heterocycles. The van der Waals surface area contributed by atoms with E-state index in [1.165, 1.54) is 7.11 Å². The number of hydrogen-bond acceptors (Lipinski definition) is 3. The third-order valence-electron chi connectivity index (χ3n) is 1.63. The molecule has 0 spiro atoms. The molecule has 1 aromatic heterocycles. The number of aliphatic hydroxyl groups excluding tert-OH is 1. The summed E-state index contributed by atoms with van der Waals surface area (Å²) in [6.07, 6.45) is -4.48. The van der Waals surface area contributed by atoms with E-state index >= 15 is 0 Å². The number of rotatable bonds is 3. The van der Waals surface area contributed by atoms with Gasteiger partial charge in [-0.2, -0.15) is 0 Å². The second-order valence-electron chi connectivity index (χ2n) is 2.53. The zero-order chi connectivity index (χ0) is 10.7. The van der Waals surface area contributed by atoms with Crippen molar-refractivity contribution in [3.05, 3.63) is 23.6 Å². The van der Waals surface area contributed by atoms with Crippen LogP contribution < -0.4 is 4.74 Å². The average Bonchev–Trinajstić information content (AvgIpc) is 2.17.